The van der Waals surface area contributed by atoms with Crippen molar-refractivity contribution >= 4 is 41.1 Å². The molecule has 1 aliphatic heterocycles. The number of fused-ring (bicyclic) bond motifs is 1. The maximum absolute atomic E-state index is 12.0. The summed E-state index contributed by atoms with van der Waals surface area (Å²) < 4.78 is 9.45. The summed E-state index contributed by atoms with van der Waals surface area (Å²) in [7, 11) is 0. The van der Waals surface area contributed by atoms with Gasteiger partial charge in [0, 0.05) is 11.0 Å². The van der Waals surface area contributed by atoms with E-state index in [0.29, 0.717) is 0 Å². The van der Waals surface area contributed by atoms with Gasteiger partial charge in [0.15, 0.2) is 12.4 Å². The van der Waals surface area contributed by atoms with Gasteiger partial charge in [0.2, 0.25) is 5.91 Å². The number of aromatic nitrogens is 1. The summed E-state index contributed by atoms with van der Waals surface area (Å²) in [4.78, 5) is 36.3. The highest BCUT2D eigenvalue weighted by Crippen LogP contribution is 2.36. The van der Waals surface area contributed by atoms with Crippen molar-refractivity contribution in [2.45, 2.75) is 16.6 Å². The van der Waals surface area contributed by atoms with E-state index < -0.39 is 23.7 Å². The second-order valence-corrected chi connectivity index (χ2v) is 6.13. The molecule has 0 saturated carbocycles. The molecule has 24 heavy (non-hydrogen) atoms. The SMILES string of the molecule is O=C(COC(=O)CC1Sc2ccccc2NC1=O)Nc1ccon1. The summed E-state index contributed by atoms with van der Waals surface area (Å²) in [6.45, 7) is -0.457. The number of benzene rings is 1. The smallest absolute Gasteiger partial charge is 0.307 e. The van der Waals surface area contributed by atoms with Crippen LogP contribution in [0, 0.1) is 0 Å². The Kier molecular flexibility index (Phi) is 4.80. The lowest BCUT2D eigenvalue weighted by molar-refractivity contribution is -0.147. The van der Waals surface area contributed by atoms with Gasteiger partial charge < -0.3 is 19.9 Å². The fraction of sp³-hybridized carbons (Fsp3) is 0.200. The third-order valence-corrected chi connectivity index (χ3v) is 4.40. The molecule has 2 heterocycles. The predicted molar refractivity (Wildman–Crippen MR) is 85.4 cm³/mol. The summed E-state index contributed by atoms with van der Waals surface area (Å²) in [5.74, 6) is -1.20. The number of para-hydroxylation sites is 1. The average Bonchev–Trinajstić information content (AvgIpc) is 3.06. The molecule has 1 aliphatic rings. The zero-order valence-corrected chi connectivity index (χ0v) is 13.2. The van der Waals surface area contributed by atoms with Gasteiger partial charge in [-0.3, -0.25) is 14.4 Å². The molecular weight excluding hydrogens is 334 g/mol. The molecule has 0 bridgehead atoms. The first-order valence-corrected chi connectivity index (χ1v) is 7.92. The molecule has 0 radical (unpaired) electrons. The fourth-order valence-corrected chi connectivity index (χ4v) is 3.13. The van der Waals surface area contributed by atoms with Crippen molar-refractivity contribution in [2.75, 3.05) is 17.2 Å². The number of hydrogen-bond acceptors (Lipinski definition) is 7. The summed E-state index contributed by atoms with van der Waals surface area (Å²) in [5, 5.41) is 8.05. The molecule has 1 aromatic heterocycles. The summed E-state index contributed by atoms with van der Waals surface area (Å²) in [5.41, 5.74) is 0.726. The van der Waals surface area contributed by atoms with Gasteiger partial charge in [0.05, 0.1) is 17.4 Å². The van der Waals surface area contributed by atoms with Gasteiger partial charge in [-0.15, -0.1) is 11.8 Å². The Morgan fingerprint density at radius 2 is 2.17 bits per heavy atom. The quantitative estimate of drug-likeness (QED) is 0.791. The number of esters is 1. The Labute approximate surface area is 140 Å². The van der Waals surface area contributed by atoms with E-state index in [4.69, 9.17) is 4.74 Å². The van der Waals surface area contributed by atoms with E-state index in [1.807, 2.05) is 18.2 Å². The Balaban J connectivity index is 1.48. The second-order valence-electron chi connectivity index (χ2n) is 4.89. The van der Waals surface area contributed by atoms with Crippen LogP contribution in [0.25, 0.3) is 0 Å². The Morgan fingerprint density at radius 3 is 2.96 bits per heavy atom. The van der Waals surface area contributed by atoms with Gasteiger partial charge in [-0.2, -0.15) is 0 Å². The van der Waals surface area contributed by atoms with Gasteiger partial charge in [-0.05, 0) is 12.1 Å². The summed E-state index contributed by atoms with van der Waals surface area (Å²) in [6, 6.07) is 8.79. The zero-order chi connectivity index (χ0) is 16.9. The summed E-state index contributed by atoms with van der Waals surface area (Å²) in [6.07, 6.45) is 1.18. The molecule has 124 valence electrons. The van der Waals surface area contributed by atoms with Crippen molar-refractivity contribution < 1.29 is 23.6 Å². The lowest BCUT2D eigenvalue weighted by Gasteiger charge is -2.23. The van der Waals surface area contributed by atoms with Crippen LogP contribution in [-0.2, 0) is 19.1 Å². The van der Waals surface area contributed by atoms with E-state index in [1.165, 1.54) is 24.1 Å². The minimum atomic E-state index is -0.627. The van der Waals surface area contributed by atoms with Crippen molar-refractivity contribution in [1.82, 2.24) is 5.16 Å². The molecule has 0 fully saturated rings. The lowest BCUT2D eigenvalue weighted by atomic mass is 10.2. The highest BCUT2D eigenvalue weighted by molar-refractivity contribution is 8.01. The Morgan fingerprint density at radius 1 is 1.33 bits per heavy atom. The van der Waals surface area contributed by atoms with Crippen LogP contribution in [0.5, 0.6) is 0 Å². The molecule has 2 N–H and O–H groups in total. The predicted octanol–water partition coefficient (Wildman–Crippen LogP) is 1.66. The maximum Gasteiger partial charge on any atom is 0.307 e. The van der Waals surface area contributed by atoms with Crippen LogP contribution in [-0.4, -0.2) is 34.8 Å². The van der Waals surface area contributed by atoms with Gasteiger partial charge >= 0.3 is 5.97 Å². The average molecular weight is 347 g/mol. The van der Waals surface area contributed by atoms with Gasteiger partial charge in [0.1, 0.15) is 6.26 Å². The number of rotatable bonds is 5. The van der Waals surface area contributed by atoms with Crippen LogP contribution in [0.2, 0.25) is 0 Å². The molecule has 2 amide bonds. The number of nitrogens with zero attached hydrogens (tertiary/aromatic N) is 1. The third-order valence-electron chi connectivity index (χ3n) is 3.13. The largest absolute Gasteiger partial charge is 0.456 e. The van der Waals surface area contributed by atoms with Crippen LogP contribution in [0.1, 0.15) is 6.42 Å². The lowest BCUT2D eigenvalue weighted by Crippen LogP contribution is -2.32. The number of carbonyl (C=O) groups is 3. The van der Waals surface area contributed by atoms with E-state index in [1.54, 1.807) is 6.07 Å². The van der Waals surface area contributed by atoms with Crippen LogP contribution in [0.15, 0.2) is 46.0 Å². The minimum absolute atomic E-state index is 0.123. The standard InChI is InChI=1S/C15H13N3O5S/c19-13(17-12-5-6-23-18-12)8-22-14(20)7-11-15(21)16-9-3-1-2-4-10(9)24-11/h1-6,11H,7-8H2,(H,16,21)(H,17,18,19). The Bertz CT molecular complexity index is 762. The van der Waals surface area contributed by atoms with Gasteiger partial charge in [-0.1, -0.05) is 17.3 Å². The van der Waals surface area contributed by atoms with Crippen LogP contribution < -0.4 is 10.6 Å². The fourth-order valence-electron chi connectivity index (χ4n) is 2.04. The number of carbonyl (C=O) groups excluding carboxylic acids is 3. The maximum atomic E-state index is 12.0. The van der Waals surface area contributed by atoms with Crippen LogP contribution in [0.4, 0.5) is 11.5 Å². The zero-order valence-electron chi connectivity index (χ0n) is 12.4. The van der Waals surface area contributed by atoms with Crippen LogP contribution in [0.3, 0.4) is 0 Å². The molecule has 3 rings (SSSR count). The Hall–Kier alpha value is -2.81. The molecule has 0 spiro atoms. The van der Waals surface area contributed by atoms with E-state index in [2.05, 4.69) is 20.3 Å². The first-order valence-electron chi connectivity index (χ1n) is 7.04. The highest BCUT2D eigenvalue weighted by atomic mass is 32.2. The van der Waals surface area contributed by atoms with E-state index in [9.17, 15) is 14.4 Å². The first-order chi connectivity index (χ1) is 11.6. The number of amides is 2. The topological polar surface area (TPSA) is 111 Å². The van der Waals surface area contributed by atoms with Crippen LogP contribution >= 0.6 is 11.8 Å². The van der Waals surface area contributed by atoms with Crippen molar-refractivity contribution in [2.24, 2.45) is 0 Å². The first kappa shape index (κ1) is 16.1. The number of thioether (sulfide) groups is 1. The van der Waals surface area contributed by atoms with Crippen molar-refractivity contribution in [3.8, 4) is 0 Å². The van der Waals surface area contributed by atoms with Crippen molar-refractivity contribution in [3.63, 3.8) is 0 Å². The molecule has 1 aromatic carbocycles. The molecule has 1 atom stereocenters. The molecule has 9 heteroatoms. The van der Waals surface area contributed by atoms with Crippen molar-refractivity contribution in [1.29, 1.82) is 0 Å². The van der Waals surface area contributed by atoms with E-state index >= 15 is 0 Å². The second kappa shape index (κ2) is 7.18. The number of anilines is 2. The minimum Gasteiger partial charge on any atom is -0.456 e. The summed E-state index contributed by atoms with van der Waals surface area (Å²) >= 11 is 1.30. The number of ether oxygens (including phenoxy) is 1. The molecule has 0 saturated heterocycles. The molecule has 1 unspecified atom stereocenters. The van der Waals surface area contributed by atoms with Crippen molar-refractivity contribution in [3.05, 3.63) is 36.6 Å². The molecule has 8 nitrogen and oxygen atoms in total. The molecule has 0 aliphatic carbocycles. The van der Waals surface area contributed by atoms with Gasteiger partial charge in [-0.25, -0.2) is 0 Å². The van der Waals surface area contributed by atoms with Gasteiger partial charge in [0.25, 0.3) is 5.91 Å². The third kappa shape index (κ3) is 3.93. The highest BCUT2D eigenvalue weighted by Gasteiger charge is 2.29. The monoisotopic (exact) mass is 347 g/mol. The van der Waals surface area contributed by atoms with E-state index in [0.717, 1.165) is 10.6 Å². The van der Waals surface area contributed by atoms with E-state index in [-0.39, 0.29) is 18.1 Å². The normalized spacial score (nSPS) is 16.0. The molecular formula is C15H13N3O5S. The number of hydrogen-bond donors (Lipinski definition) is 2. The molecule has 2 aromatic rings. The number of nitrogens with one attached hydrogen (secondary N) is 2.